The molecule has 9 heteroatoms. The van der Waals surface area contributed by atoms with E-state index in [0.717, 1.165) is 0 Å². The van der Waals surface area contributed by atoms with E-state index < -0.39 is 10.2 Å². The smallest absolute Gasteiger partial charge is 0.0689 e. The molecule has 0 aliphatic heterocycles. The first-order chi connectivity index (χ1) is 3.46. The maximum absolute atomic E-state index is 8.25. The van der Waals surface area contributed by atoms with Gasteiger partial charge in [-0.25, -0.2) is 0 Å². The van der Waals surface area contributed by atoms with Gasteiger partial charge in [-0.05, 0) is 0 Å². The molecule has 0 amide bonds. The molecule has 8 nitrogen and oxygen atoms in total. The first-order valence-corrected chi connectivity index (χ1v) is 1.10. The zero-order valence-corrected chi connectivity index (χ0v) is 6.76. The second-order valence-electron chi connectivity index (χ2n) is 0.447. The molecule has 0 saturated carbocycles. The average molecular weight is 213 g/mol. The van der Waals surface area contributed by atoms with Gasteiger partial charge in [-0.2, -0.15) is 0 Å². The fourth-order valence-electron chi connectivity index (χ4n) is 0. The summed E-state index contributed by atoms with van der Waals surface area (Å²) in [5, 5.41) is 29.5. The van der Waals surface area contributed by atoms with Gasteiger partial charge in [0, 0.05) is 32.7 Å². The Morgan fingerprint density at radius 1 is 0.778 bits per heavy atom. The maximum atomic E-state index is 8.25. The summed E-state index contributed by atoms with van der Waals surface area (Å²) in [6, 6.07) is 0. The summed E-state index contributed by atoms with van der Waals surface area (Å²) >= 11 is 0. The Hall–Kier alpha value is -0.496. The molecule has 0 aromatic heterocycles. The summed E-state index contributed by atoms with van der Waals surface area (Å²) in [6.45, 7) is 0. The third-order valence-electron chi connectivity index (χ3n) is 0. The Morgan fingerprint density at radius 2 is 0.778 bits per heavy atom. The minimum absolute atomic E-state index is 0. The van der Waals surface area contributed by atoms with E-state index in [9.17, 15) is 0 Å². The Morgan fingerprint density at radius 3 is 0.778 bits per heavy atom. The summed E-state index contributed by atoms with van der Waals surface area (Å²) in [6.07, 6.45) is 0. The van der Waals surface area contributed by atoms with E-state index in [0.29, 0.717) is 0 Å². The molecule has 0 saturated heterocycles. The van der Waals surface area contributed by atoms with E-state index in [1.165, 1.54) is 0 Å². The second kappa shape index (κ2) is 10.5. The van der Waals surface area contributed by atoms with E-state index in [2.05, 4.69) is 0 Å². The van der Waals surface area contributed by atoms with Gasteiger partial charge in [-0.15, -0.1) is 0 Å². The van der Waals surface area contributed by atoms with Crippen LogP contribution in [0, 0.1) is 30.6 Å². The van der Waals surface area contributed by atoms with Gasteiger partial charge in [0.05, 0.1) is 10.2 Å². The van der Waals surface area contributed by atoms with Crippen LogP contribution in [0.15, 0.2) is 0 Å². The minimum atomic E-state index is -1.75. The van der Waals surface area contributed by atoms with Crippen LogP contribution in [0.25, 0.3) is 0 Å². The molecule has 0 unspecified atom stereocenters. The van der Waals surface area contributed by atoms with E-state index in [1.807, 2.05) is 0 Å². The molecular weight excluding hydrogens is 213 g/mol. The fourth-order valence-corrected chi connectivity index (χ4v) is 0. The van der Waals surface area contributed by atoms with Crippen LogP contribution in [0.3, 0.4) is 0 Å². The van der Waals surface area contributed by atoms with Crippen LogP contribution >= 0.6 is 0 Å². The van der Waals surface area contributed by atoms with Crippen LogP contribution in [0.4, 0.5) is 0 Å². The van der Waals surface area contributed by atoms with Gasteiger partial charge in [0.1, 0.15) is 0 Å². The molecule has 9 heavy (non-hydrogen) atoms. The number of hydrogen-bond donors (Lipinski definition) is 0. The van der Waals surface area contributed by atoms with Crippen molar-refractivity contribution in [1.82, 2.24) is 0 Å². The zero-order valence-electron chi connectivity index (χ0n) is 3.92. The van der Waals surface area contributed by atoms with Gasteiger partial charge in [-0.1, -0.05) is 0 Å². The van der Waals surface area contributed by atoms with Crippen molar-refractivity contribution in [3.63, 3.8) is 0 Å². The van der Waals surface area contributed by atoms with E-state index >= 15 is 0 Å². The molecule has 51 valence electrons. The van der Waals surface area contributed by atoms with Crippen LogP contribution in [0.5, 0.6) is 0 Å². The molecule has 0 spiro atoms. The Bertz CT molecular complexity index is 69.1. The summed E-state index contributed by atoms with van der Waals surface area (Å²) in [5.41, 5.74) is 0. The summed E-state index contributed by atoms with van der Waals surface area (Å²) in [5.74, 6) is 0. The molecule has 0 rings (SSSR count). The predicted octanol–water partition coefficient (Wildman–Crippen LogP) is -0.481. The summed E-state index contributed by atoms with van der Waals surface area (Å²) < 4.78 is 0. The van der Waals surface area contributed by atoms with Crippen molar-refractivity contribution in [2.75, 3.05) is 0 Å². The van der Waals surface area contributed by atoms with Crippen molar-refractivity contribution >= 4 is 0 Å². The number of nitrogens with zero attached hydrogens (tertiary/aromatic N) is 2. The molecule has 0 bridgehead atoms. The maximum Gasteiger partial charge on any atom is 0.0689 e. The summed E-state index contributed by atoms with van der Waals surface area (Å²) in [7, 11) is 0. The second-order valence-corrected chi connectivity index (χ2v) is 0.447. The molecule has 0 aliphatic rings. The van der Waals surface area contributed by atoms with Crippen LogP contribution in [-0.4, -0.2) is 10.2 Å². The fraction of sp³-hybridized carbons (Fsp3) is 0. The molecule has 0 aromatic rings. The van der Waals surface area contributed by atoms with Gasteiger partial charge < -0.3 is 30.6 Å². The zero-order chi connectivity index (χ0) is 7.15. The van der Waals surface area contributed by atoms with Gasteiger partial charge in [0.2, 0.25) is 0 Å². The van der Waals surface area contributed by atoms with Crippen molar-refractivity contribution in [1.29, 1.82) is 0 Å². The standard InChI is InChI=1S/2NO3.Y/c2*2-1(3)4;/q2*-1;. The van der Waals surface area contributed by atoms with E-state index in [1.54, 1.807) is 0 Å². The van der Waals surface area contributed by atoms with Gasteiger partial charge in [0.25, 0.3) is 0 Å². The molecule has 0 fully saturated rings. The molecular formula is N2O6Y-2. The molecule has 0 atom stereocenters. The topological polar surface area (TPSA) is 132 Å². The Kier molecular flexibility index (Phi) is 18.4. The molecule has 0 aliphatic carbocycles. The third-order valence-corrected chi connectivity index (χ3v) is 0. The first kappa shape index (κ1) is 15.8. The van der Waals surface area contributed by atoms with Gasteiger partial charge in [-0.3, -0.25) is 0 Å². The largest absolute Gasteiger partial charge is 0.356 e. The van der Waals surface area contributed by atoms with Crippen LogP contribution in [0.2, 0.25) is 0 Å². The quantitative estimate of drug-likeness (QED) is 0.394. The van der Waals surface area contributed by atoms with Crippen molar-refractivity contribution in [3.8, 4) is 0 Å². The normalized spacial score (nSPS) is 5.33. The minimum Gasteiger partial charge on any atom is -0.356 e. The van der Waals surface area contributed by atoms with E-state index in [-0.39, 0.29) is 32.7 Å². The number of hydrogen-bond acceptors (Lipinski definition) is 6. The molecule has 0 aromatic carbocycles. The van der Waals surface area contributed by atoms with Crippen LogP contribution in [-0.2, 0) is 32.7 Å². The summed E-state index contributed by atoms with van der Waals surface area (Å²) in [4.78, 5) is 16.5. The van der Waals surface area contributed by atoms with Crippen LogP contribution < -0.4 is 0 Å². The molecule has 1 radical (unpaired) electrons. The van der Waals surface area contributed by atoms with Crippen molar-refractivity contribution in [2.45, 2.75) is 0 Å². The predicted molar refractivity (Wildman–Crippen MR) is 20.7 cm³/mol. The Balaban J connectivity index is -0.0000000720. The molecule has 0 heterocycles. The monoisotopic (exact) mass is 213 g/mol. The van der Waals surface area contributed by atoms with Crippen molar-refractivity contribution in [3.05, 3.63) is 30.6 Å². The van der Waals surface area contributed by atoms with Gasteiger partial charge >= 0.3 is 0 Å². The SMILES string of the molecule is O=[N+]([O-])[O-].O=[N+]([O-])[O-].[Y]. The number of rotatable bonds is 0. The van der Waals surface area contributed by atoms with E-state index in [4.69, 9.17) is 30.6 Å². The molecule has 0 N–H and O–H groups in total. The van der Waals surface area contributed by atoms with Gasteiger partial charge in [0.15, 0.2) is 0 Å². The van der Waals surface area contributed by atoms with Crippen molar-refractivity contribution < 1.29 is 42.9 Å². The Labute approximate surface area is 73.6 Å². The average Bonchev–Trinajstić information content (AvgIpc) is 1.25. The first-order valence-electron chi connectivity index (χ1n) is 1.10. The third kappa shape index (κ3) is 924. The van der Waals surface area contributed by atoms with Crippen molar-refractivity contribution in [2.24, 2.45) is 0 Å². The van der Waals surface area contributed by atoms with Crippen LogP contribution in [0.1, 0.15) is 0 Å².